The van der Waals surface area contributed by atoms with Crippen molar-refractivity contribution in [1.29, 1.82) is 0 Å². The van der Waals surface area contributed by atoms with Gasteiger partial charge in [0.25, 0.3) is 0 Å². The maximum Gasteiger partial charge on any atom is 0.234 e. The summed E-state index contributed by atoms with van der Waals surface area (Å²) in [6.07, 6.45) is 3.41. The Morgan fingerprint density at radius 2 is 1.87 bits per heavy atom. The fraction of sp³-hybridized carbons (Fsp3) is 0.0909. The number of aryl methyl sites for hydroxylation is 1. The summed E-state index contributed by atoms with van der Waals surface area (Å²) in [7, 11) is 0. The Kier molecular flexibility index (Phi) is 6.11. The number of aromatic nitrogens is 4. The molecule has 0 atom stereocenters. The Balaban J connectivity index is 1.60. The lowest BCUT2D eigenvalue weighted by molar-refractivity contribution is -0.113. The van der Waals surface area contributed by atoms with E-state index in [-0.39, 0.29) is 11.7 Å². The highest BCUT2D eigenvalue weighted by Crippen LogP contribution is 2.29. The molecule has 1 amide bonds. The van der Waals surface area contributed by atoms with E-state index in [1.807, 2.05) is 72.2 Å². The summed E-state index contributed by atoms with van der Waals surface area (Å²) in [6.45, 7) is 1.98. The molecule has 6 nitrogen and oxygen atoms in total. The van der Waals surface area contributed by atoms with E-state index in [9.17, 15) is 4.79 Å². The number of nitrogens with zero attached hydrogens (tertiary/aromatic N) is 4. The standard InChI is InChI=1S/C22H18ClN5OS/c1-15-4-2-6-18(12-15)25-20(29)14-30-22-27-26-21(16-8-10-24-11-9-16)28(22)19-7-3-5-17(23)13-19/h2-13H,14H2,1H3,(H,25,29). The van der Waals surface area contributed by atoms with Crippen LogP contribution < -0.4 is 5.32 Å². The zero-order chi connectivity index (χ0) is 20.9. The highest BCUT2D eigenvalue weighted by atomic mass is 35.5. The van der Waals surface area contributed by atoms with Crippen LogP contribution in [0.25, 0.3) is 17.1 Å². The first kappa shape index (κ1) is 20.1. The summed E-state index contributed by atoms with van der Waals surface area (Å²) in [5, 5.41) is 12.8. The lowest BCUT2D eigenvalue weighted by Crippen LogP contribution is -2.14. The van der Waals surface area contributed by atoms with Crippen molar-refractivity contribution in [2.45, 2.75) is 12.1 Å². The quantitative estimate of drug-likeness (QED) is 0.430. The molecule has 0 aliphatic heterocycles. The first-order valence-corrected chi connectivity index (χ1v) is 10.6. The summed E-state index contributed by atoms with van der Waals surface area (Å²) < 4.78 is 1.89. The molecule has 150 valence electrons. The van der Waals surface area contributed by atoms with Crippen LogP contribution in [0, 0.1) is 6.92 Å². The highest BCUT2D eigenvalue weighted by Gasteiger charge is 2.17. The van der Waals surface area contributed by atoms with Gasteiger partial charge in [0.15, 0.2) is 11.0 Å². The number of carbonyl (C=O) groups excluding carboxylic acids is 1. The highest BCUT2D eigenvalue weighted by molar-refractivity contribution is 7.99. The fourth-order valence-corrected chi connectivity index (χ4v) is 3.89. The van der Waals surface area contributed by atoms with Crippen molar-refractivity contribution < 1.29 is 4.79 Å². The topological polar surface area (TPSA) is 72.7 Å². The second-order valence-corrected chi connectivity index (χ2v) is 7.94. The van der Waals surface area contributed by atoms with Crippen LogP contribution in [0.1, 0.15) is 5.56 Å². The normalized spacial score (nSPS) is 10.7. The summed E-state index contributed by atoms with van der Waals surface area (Å²) in [5.41, 5.74) is 3.55. The van der Waals surface area contributed by atoms with Crippen LogP contribution in [-0.2, 0) is 4.79 Å². The van der Waals surface area contributed by atoms with Gasteiger partial charge >= 0.3 is 0 Å². The Bertz CT molecular complexity index is 1180. The van der Waals surface area contributed by atoms with Gasteiger partial charge in [0, 0.05) is 28.7 Å². The van der Waals surface area contributed by atoms with E-state index in [0.717, 1.165) is 22.5 Å². The van der Waals surface area contributed by atoms with Gasteiger partial charge in [0.2, 0.25) is 5.91 Å². The van der Waals surface area contributed by atoms with Crippen molar-refractivity contribution in [2.24, 2.45) is 0 Å². The third-order valence-electron chi connectivity index (χ3n) is 4.27. The average molecular weight is 436 g/mol. The van der Waals surface area contributed by atoms with Crippen LogP contribution in [0.5, 0.6) is 0 Å². The van der Waals surface area contributed by atoms with Gasteiger partial charge in [-0.1, -0.05) is 41.6 Å². The number of rotatable bonds is 6. The largest absolute Gasteiger partial charge is 0.325 e. The molecule has 0 saturated heterocycles. The van der Waals surface area contributed by atoms with Crippen LogP contribution in [0.15, 0.2) is 78.2 Å². The van der Waals surface area contributed by atoms with E-state index in [0.29, 0.717) is 16.0 Å². The molecule has 0 saturated carbocycles. The Morgan fingerprint density at radius 1 is 1.07 bits per heavy atom. The molecule has 0 bridgehead atoms. The number of nitrogens with one attached hydrogen (secondary N) is 1. The molecule has 1 N–H and O–H groups in total. The summed E-state index contributed by atoms with van der Waals surface area (Å²) in [6, 6.07) is 18.9. The molecule has 0 spiro atoms. The minimum Gasteiger partial charge on any atom is -0.325 e. The number of thioether (sulfide) groups is 1. The van der Waals surface area contributed by atoms with Crippen LogP contribution in [0.4, 0.5) is 5.69 Å². The minimum absolute atomic E-state index is 0.114. The Hall–Kier alpha value is -3.16. The summed E-state index contributed by atoms with van der Waals surface area (Å²) >= 11 is 7.52. The molecule has 8 heteroatoms. The van der Waals surface area contributed by atoms with E-state index in [1.165, 1.54) is 11.8 Å². The van der Waals surface area contributed by atoms with E-state index < -0.39 is 0 Å². The number of hydrogen-bond acceptors (Lipinski definition) is 5. The molecule has 0 fully saturated rings. The zero-order valence-corrected chi connectivity index (χ0v) is 17.7. The fourth-order valence-electron chi connectivity index (χ4n) is 2.95. The SMILES string of the molecule is Cc1cccc(NC(=O)CSc2nnc(-c3ccncc3)n2-c2cccc(Cl)c2)c1. The third-order valence-corrected chi connectivity index (χ3v) is 5.44. The van der Waals surface area contributed by atoms with E-state index >= 15 is 0 Å². The number of amides is 1. The zero-order valence-electron chi connectivity index (χ0n) is 16.1. The second-order valence-electron chi connectivity index (χ2n) is 6.56. The molecule has 0 unspecified atom stereocenters. The van der Waals surface area contributed by atoms with Crippen LogP contribution in [-0.4, -0.2) is 31.4 Å². The van der Waals surface area contributed by atoms with Gasteiger partial charge in [-0.15, -0.1) is 10.2 Å². The lowest BCUT2D eigenvalue weighted by Gasteiger charge is -2.11. The van der Waals surface area contributed by atoms with E-state index in [4.69, 9.17) is 11.6 Å². The maximum atomic E-state index is 12.5. The number of benzene rings is 2. The average Bonchev–Trinajstić information content (AvgIpc) is 3.17. The molecule has 2 aromatic carbocycles. The molecule has 4 aromatic rings. The number of carbonyl (C=O) groups is 1. The molecular formula is C22H18ClN5OS. The number of hydrogen-bond donors (Lipinski definition) is 1. The summed E-state index contributed by atoms with van der Waals surface area (Å²) in [5.74, 6) is 0.737. The van der Waals surface area contributed by atoms with Gasteiger partial charge in [0.05, 0.1) is 11.4 Å². The lowest BCUT2D eigenvalue weighted by atomic mass is 10.2. The van der Waals surface area contributed by atoms with Gasteiger partial charge in [-0.25, -0.2) is 0 Å². The first-order valence-electron chi connectivity index (χ1n) is 9.21. The Morgan fingerprint density at radius 3 is 2.63 bits per heavy atom. The Labute approximate surface area is 183 Å². The molecular weight excluding hydrogens is 418 g/mol. The molecule has 30 heavy (non-hydrogen) atoms. The molecule has 2 heterocycles. The monoisotopic (exact) mass is 435 g/mol. The first-order chi connectivity index (χ1) is 14.6. The van der Waals surface area contributed by atoms with Gasteiger partial charge in [-0.05, 0) is 55.0 Å². The number of halogens is 1. The minimum atomic E-state index is -0.114. The molecule has 4 rings (SSSR count). The molecule has 0 aliphatic rings. The van der Waals surface area contributed by atoms with Crippen molar-refractivity contribution in [1.82, 2.24) is 19.7 Å². The van der Waals surface area contributed by atoms with Crippen LogP contribution >= 0.6 is 23.4 Å². The van der Waals surface area contributed by atoms with Crippen LogP contribution in [0.3, 0.4) is 0 Å². The van der Waals surface area contributed by atoms with Crippen molar-refractivity contribution >= 4 is 35.0 Å². The summed E-state index contributed by atoms with van der Waals surface area (Å²) in [4.78, 5) is 16.5. The second kappa shape index (κ2) is 9.11. The molecule has 0 radical (unpaired) electrons. The molecule has 0 aliphatic carbocycles. The molecule has 2 aromatic heterocycles. The van der Waals surface area contributed by atoms with Crippen molar-refractivity contribution in [2.75, 3.05) is 11.1 Å². The van der Waals surface area contributed by atoms with Crippen molar-refractivity contribution in [3.63, 3.8) is 0 Å². The van der Waals surface area contributed by atoms with Gasteiger partial charge in [-0.2, -0.15) is 0 Å². The smallest absolute Gasteiger partial charge is 0.234 e. The van der Waals surface area contributed by atoms with E-state index in [2.05, 4.69) is 20.5 Å². The maximum absolute atomic E-state index is 12.5. The predicted molar refractivity (Wildman–Crippen MR) is 120 cm³/mol. The van der Waals surface area contributed by atoms with Gasteiger partial charge in [-0.3, -0.25) is 14.3 Å². The van der Waals surface area contributed by atoms with Crippen molar-refractivity contribution in [3.05, 3.63) is 83.6 Å². The van der Waals surface area contributed by atoms with Gasteiger partial charge < -0.3 is 5.32 Å². The third kappa shape index (κ3) is 4.69. The van der Waals surface area contributed by atoms with Crippen LogP contribution in [0.2, 0.25) is 5.02 Å². The number of pyridine rings is 1. The van der Waals surface area contributed by atoms with Gasteiger partial charge in [0.1, 0.15) is 0 Å². The van der Waals surface area contributed by atoms with Crippen molar-refractivity contribution in [3.8, 4) is 17.1 Å². The van der Waals surface area contributed by atoms with E-state index in [1.54, 1.807) is 12.4 Å². The number of anilines is 1. The predicted octanol–water partition coefficient (Wildman–Crippen LogP) is 5.02.